The molecule has 0 saturated carbocycles. The monoisotopic (exact) mass is 598 g/mol. The van der Waals surface area contributed by atoms with Crippen LogP contribution >= 0.6 is 11.3 Å². The second kappa shape index (κ2) is 11.5. The molecule has 2 saturated heterocycles. The predicted octanol–water partition coefficient (Wildman–Crippen LogP) is 6.18. The minimum atomic E-state index is -4.93. The first-order chi connectivity index (χ1) is 20.2. The summed E-state index contributed by atoms with van der Waals surface area (Å²) < 4.78 is 53.3. The quantitative estimate of drug-likeness (QED) is 0.259. The number of thiophene rings is 1. The van der Waals surface area contributed by atoms with E-state index in [2.05, 4.69) is 27.1 Å². The molecular formula is C30H29F3N4O4S. The number of hydrogen-bond acceptors (Lipinski definition) is 7. The molecule has 12 heteroatoms. The Hall–Kier alpha value is -3.74. The molecule has 2 aliphatic rings. The number of piperidine rings is 1. The summed E-state index contributed by atoms with van der Waals surface area (Å²) in [5.41, 5.74) is 1.33. The lowest BCUT2D eigenvalue weighted by atomic mass is 9.88. The van der Waals surface area contributed by atoms with Crippen molar-refractivity contribution in [2.75, 3.05) is 26.3 Å². The number of rotatable bonds is 8. The number of aromatic carboxylic acids is 1. The van der Waals surface area contributed by atoms with Gasteiger partial charge < -0.3 is 14.6 Å². The third kappa shape index (κ3) is 5.66. The number of carbonyl (C=O) groups is 1. The number of benzene rings is 1. The minimum absolute atomic E-state index is 0.133. The zero-order valence-corrected chi connectivity index (χ0v) is 23.6. The lowest BCUT2D eigenvalue weighted by molar-refractivity contribution is -0.143. The Morgan fingerprint density at radius 1 is 1.17 bits per heavy atom. The van der Waals surface area contributed by atoms with E-state index >= 15 is 0 Å². The Kier molecular flexibility index (Phi) is 7.77. The number of aryl methyl sites for hydroxylation is 1. The van der Waals surface area contributed by atoms with Gasteiger partial charge in [0, 0.05) is 5.56 Å². The van der Waals surface area contributed by atoms with Crippen LogP contribution in [0.3, 0.4) is 0 Å². The second-order valence-electron chi connectivity index (χ2n) is 10.6. The van der Waals surface area contributed by atoms with E-state index in [1.165, 1.54) is 23.0 Å². The van der Waals surface area contributed by atoms with Gasteiger partial charge in [-0.2, -0.15) is 18.3 Å². The normalized spacial score (nSPS) is 16.9. The molecule has 0 atom stereocenters. The lowest BCUT2D eigenvalue weighted by Crippen LogP contribution is -2.51. The van der Waals surface area contributed by atoms with E-state index in [-0.39, 0.29) is 12.4 Å². The summed E-state index contributed by atoms with van der Waals surface area (Å²) >= 11 is 1.39. The third-order valence-electron chi connectivity index (χ3n) is 7.92. The van der Waals surface area contributed by atoms with Crippen molar-refractivity contribution in [1.29, 1.82) is 0 Å². The standard InChI is InChI=1S/C30H29F3N4O4S/c1-18-13-20(19-7-10-36(11-8-19)22-16-40-17-22)5-6-25(18)41-15-21-9-12-42-27(21)24-3-2-4-26(35-24)37-28(30(31,32)33)23(14-34-37)29(38)39/h2-6,9,12-14,19,22H,7-8,10-11,15-17H2,1H3,(H,38,39). The molecule has 42 heavy (non-hydrogen) atoms. The van der Waals surface area contributed by atoms with Crippen LogP contribution in [0.4, 0.5) is 13.2 Å². The molecule has 0 aliphatic carbocycles. The Morgan fingerprint density at radius 2 is 1.95 bits per heavy atom. The van der Waals surface area contributed by atoms with Gasteiger partial charge in [-0.1, -0.05) is 18.2 Å². The number of ether oxygens (including phenoxy) is 2. The smallest absolute Gasteiger partial charge is 0.434 e. The number of carboxylic acid groups (broad SMARTS) is 1. The number of pyridine rings is 1. The largest absolute Gasteiger partial charge is 0.489 e. The van der Waals surface area contributed by atoms with Crippen LogP contribution in [0.2, 0.25) is 0 Å². The van der Waals surface area contributed by atoms with Crippen molar-refractivity contribution in [3.8, 4) is 22.1 Å². The third-order valence-corrected chi connectivity index (χ3v) is 8.90. The van der Waals surface area contributed by atoms with Crippen molar-refractivity contribution in [1.82, 2.24) is 19.7 Å². The van der Waals surface area contributed by atoms with Gasteiger partial charge in [-0.3, -0.25) is 4.90 Å². The Balaban J connectivity index is 1.16. The molecule has 0 amide bonds. The van der Waals surface area contributed by atoms with E-state index in [9.17, 15) is 23.1 Å². The van der Waals surface area contributed by atoms with Crippen LogP contribution in [0, 0.1) is 6.92 Å². The zero-order chi connectivity index (χ0) is 29.4. The molecule has 6 rings (SSSR count). The Bertz CT molecular complexity index is 1590. The van der Waals surface area contributed by atoms with Crippen molar-refractivity contribution < 1.29 is 32.5 Å². The van der Waals surface area contributed by atoms with E-state index < -0.39 is 23.4 Å². The average molecular weight is 599 g/mol. The van der Waals surface area contributed by atoms with E-state index in [1.54, 1.807) is 12.1 Å². The van der Waals surface area contributed by atoms with Gasteiger partial charge in [-0.15, -0.1) is 11.3 Å². The molecule has 2 aliphatic heterocycles. The first kappa shape index (κ1) is 28.4. The van der Waals surface area contributed by atoms with Crippen LogP contribution in [0.25, 0.3) is 16.4 Å². The molecule has 2 fully saturated rings. The SMILES string of the molecule is Cc1cc(C2CCN(C3COC3)CC2)ccc1OCc1ccsc1-c1cccc(-n2ncc(C(=O)O)c2C(F)(F)F)n1. The fourth-order valence-electron chi connectivity index (χ4n) is 5.57. The van der Waals surface area contributed by atoms with Crippen LogP contribution < -0.4 is 4.74 Å². The Labute approximate surface area is 244 Å². The number of alkyl halides is 3. The van der Waals surface area contributed by atoms with Gasteiger partial charge in [-0.05, 0) is 79.5 Å². The van der Waals surface area contributed by atoms with Crippen LogP contribution in [-0.4, -0.2) is 63.1 Å². The van der Waals surface area contributed by atoms with E-state index in [1.807, 2.05) is 24.4 Å². The maximum absolute atomic E-state index is 13.7. The molecular weight excluding hydrogens is 569 g/mol. The van der Waals surface area contributed by atoms with Gasteiger partial charge in [0.1, 0.15) is 17.9 Å². The first-order valence-electron chi connectivity index (χ1n) is 13.7. The van der Waals surface area contributed by atoms with Crippen molar-refractivity contribution in [3.05, 3.63) is 82.0 Å². The fourth-order valence-corrected chi connectivity index (χ4v) is 6.45. The van der Waals surface area contributed by atoms with Crippen molar-refractivity contribution in [3.63, 3.8) is 0 Å². The molecule has 0 unspecified atom stereocenters. The number of carboxylic acids is 1. The predicted molar refractivity (Wildman–Crippen MR) is 150 cm³/mol. The molecule has 0 spiro atoms. The first-order valence-corrected chi connectivity index (χ1v) is 14.5. The van der Waals surface area contributed by atoms with Crippen LogP contribution in [0.1, 0.15) is 51.5 Å². The summed E-state index contributed by atoms with van der Waals surface area (Å²) in [6, 6.07) is 13.5. The zero-order valence-electron chi connectivity index (χ0n) is 22.8. The van der Waals surface area contributed by atoms with Gasteiger partial charge >= 0.3 is 12.1 Å². The molecule has 8 nitrogen and oxygen atoms in total. The van der Waals surface area contributed by atoms with Crippen molar-refractivity contribution >= 4 is 17.3 Å². The van der Waals surface area contributed by atoms with E-state index in [0.717, 1.165) is 60.9 Å². The molecule has 220 valence electrons. The van der Waals surface area contributed by atoms with Crippen LogP contribution in [-0.2, 0) is 17.5 Å². The molecule has 3 aromatic heterocycles. The number of halogens is 3. The van der Waals surface area contributed by atoms with Crippen molar-refractivity contribution in [2.24, 2.45) is 0 Å². The molecule has 4 aromatic rings. The maximum Gasteiger partial charge on any atom is 0.434 e. The van der Waals surface area contributed by atoms with Crippen molar-refractivity contribution in [2.45, 2.75) is 44.5 Å². The summed E-state index contributed by atoms with van der Waals surface area (Å²) in [6.45, 7) is 6.16. The van der Waals surface area contributed by atoms with E-state index in [0.29, 0.717) is 28.5 Å². The summed E-state index contributed by atoms with van der Waals surface area (Å²) in [5, 5.41) is 14.8. The van der Waals surface area contributed by atoms with E-state index in [4.69, 9.17) is 9.47 Å². The number of aromatic nitrogens is 3. The number of hydrogen-bond donors (Lipinski definition) is 1. The van der Waals surface area contributed by atoms with Gasteiger partial charge in [0.05, 0.1) is 36.0 Å². The van der Waals surface area contributed by atoms with Gasteiger partial charge in [0.15, 0.2) is 11.5 Å². The van der Waals surface area contributed by atoms with Crippen LogP contribution in [0.5, 0.6) is 5.75 Å². The molecule has 1 aromatic carbocycles. The van der Waals surface area contributed by atoms with Gasteiger partial charge in [0.2, 0.25) is 0 Å². The second-order valence-corrected chi connectivity index (χ2v) is 11.5. The number of likely N-dealkylation sites (tertiary alicyclic amines) is 1. The van der Waals surface area contributed by atoms with Gasteiger partial charge in [-0.25, -0.2) is 14.5 Å². The minimum Gasteiger partial charge on any atom is -0.489 e. The summed E-state index contributed by atoms with van der Waals surface area (Å²) in [5.74, 6) is -0.549. The highest BCUT2D eigenvalue weighted by Crippen LogP contribution is 2.36. The maximum atomic E-state index is 13.7. The number of nitrogens with zero attached hydrogens (tertiary/aromatic N) is 4. The lowest BCUT2D eigenvalue weighted by Gasteiger charge is -2.41. The fraction of sp³-hybridized carbons (Fsp3) is 0.367. The summed E-state index contributed by atoms with van der Waals surface area (Å²) in [6.07, 6.45) is -1.99. The molecule has 0 bridgehead atoms. The highest BCUT2D eigenvalue weighted by atomic mass is 32.1. The molecule has 1 N–H and O–H groups in total. The Morgan fingerprint density at radius 3 is 2.62 bits per heavy atom. The topological polar surface area (TPSA) is 89.7 Å². The highest BCUT2D eigenvalue weighted by Gasteiger charge is 2.41. The van der Waals surface area contributed by atoms with Gasteiger partial charge in [0.25, 0.3) is 0 Å². The molecule has 5 heterocycles. The summed E-state index contributed by atoms with van der Waals surface area (Å²) in [4.78, 5) is 19.1. The molecule has 0 radical (unpaired) electrons. The average Bonchev–Trinajstić information content (AvgIpc) is 3.60. The summed E-state index contributed by atoms with van der Waals surface area (Å²) in [7, 11) is 0. The van der Waals surface area contributed by atoms with Crippen LogP contribution in [0.15, 0.2) is 54.0 Å². The highest BCUT2D eigenvalue weighted by molar-refractivity contribution is 7.13.